The predicted molar refractivity (Wildman–Crippen MR) is 99.5 cm³/mol. The van der Waals surface area contributed by atoms with Crippen molar-refractivity contribution in [3.05, 3.63) is 69.6 Å². The van der Waals surface area contributed by atoms with Gasteiger partial charge in [0.05, 0.1) is 4.90 Å². The van der Waals surface area contributed by atoms with Gasteiger partial charge in [-0.05, 0) is 61.4 Å². The van der Waals surface area contributed by atoms with E-state index in [2.05, 4.69) is 5.32 Å². The molecule has 0 radical (unpaired) electrons. The Kier molecular flexibility index (Phi) is 4.41. The van der Waals surface area contributed by atoms with Crippen LogP contribution in [-0.4, -0.2) is 20.6 Å². The summed E-state index contributed by atoms with van der Waals surface area (Å²) in [6.45, 7) is 3.59. The number of amides is 1. The fourth-order valence-corrected chi connectivity index (χ4v) is 3.28. The van der Waals surface area contributed by atoms with Gasteiger partial charge in [0.15, 0.2) is 9.84 Å². The predicted octanol–water partition coefficient (Wildman–Crippen LogP) is 3.07. The number of benzene rings is 2. The van der Waals surface area contributed by atoms with Gasteiger partial charge in [0.1, 0.15) is 5.58 Å². The molecule has 0 aliphatic carbocycles. The zero-order valence-corrected chi connectivity index (χ0v) is 15.3. The molecule has 134 valence electrons. The topological polar surface area (TPSA) is 93.4 Å². The van der Waals surface area contributed by atoms with Crippen LogP contribution in [-0.2, 0) is 9.84 Å². The van der Waals surface area contributed by atoms with E-state index in [9.17, 15) is 18.0 Å². The van der Waals surface area contributed by atoms with Gasteiger partial charge < -0.3 is 9.73 Å². The van der Waals surface area contributed by atoms with Crippen molar-refractivity contribution in [3.8, 4) is 0 Å². The molecular formula is C19H17NO5S. The Hall–Kier alpha value is -2.93. The lowest BCUT2D eigenvalue weighted by Gasteiger charge is -2.11. The lowest BCUT2D eigenvalue weighted by atomic mass is 10.1. The van der Waals surface area contributed by atoms with E-state index in [0.717, 1.165) is 22.8 Å². The van der Waals surface area contributed by atoms with Crippen LogP contribution in [0.25, 0.3) is 11.0 Å². The van der Waals surface area contributed by atoms with E-state index in [0.29, 0.717) is 16.8 Å². The molecule has 0 saturated heterocycles. The molecule has 1 aromatic heterocycles. The fraction of sp³-hybridized carbons (Fsp3) is 0.158. The molecule has 0 saturated carbocycles. The van der Waals surface area contributed by atoms with Crippen LogP contribution in [0.5, 0.6) is 0 Å². The quantitative estimate of drug-likeness (QED) is 0.714. The maximum absolute atomic E-state index is 12.5. The van der Waals surface area contributed by atoms with Gasteiger partial charge in [-0.2, -0.15) is 0 Å². The number of anilines is 1. The van der Waals surface area contributed by atoms with Crippen molar-refractivity contribution in [1.82, 2.24) is 0 Å². The van der Waals surface area contributed by atoms with Gasteiger partial charge in [0, 0.05) is 29.0 Å². The van der Waals surface area contributed by atoms with Gasteiger partial charge in [-0.25, -0.2) is 13.2 Å². The van der Waals surface area contributed by atoms with Crippen LogP contribution in [0.2, 0.25) is 0 Å². The molecular weight excluding hydrogens is 354 g/mol. The van der Waals surface area contributed by atoms with Crippen LogP contribution in [0.1, 0.15) is 21.5 Å². The first kappa shape index (κ1) is 17.9. The number of carbonyl (C=O) groups is 1. The highest BCUT2D eigenvalue weighted by molar-refractivity contribution is 7.90. The standard InChI is InChI=1S/C19H17NO5S/c1-11-9-18(21)25-17-8-12(2)16(10-15(11)17)20-19(22)13-4-6-14(7-5-13)26(3,23)24/h4-10H,1-3H3,(H,20,22). The minimum absolute atomic E-state index is 0.154. The Morgan fingerprint density at radius 3 is 2.27 bits per heavy atom. The summed E-state index contributed by atoms with van der Waals surface area (Å²) in [5, 5.41) is 3.54. The molecule has 1 heterocycles. The molecule has 0 bridgehead atoms. The van der Waals surface area contributed by atoms with Crippen LogP contribution >= 0.6 is 0 Å². The normalized spacial score (nSPS) is 11.5. The lowest BCUT2D eigenvalue weighted by Crippen LogP contribution is -2.13. The zero-order valence-electron chi connectivity index (χ0n) is 14.5. The molecule has 1 N–H and O–H groups in total. The van der Waals surface area contributed by atoms with Crippen LogP contribution in [0, 0.1) is 13.8 Å². The summed E-state index contributed by atoms with van der Waals surface area (Å²) in [5.74, 6) is -0.359. The second-order valence-electron chi connectivity index (χ2n) is 6.16. The van der Waals surface area contributed by atoms with E-state index < -0.39 is 15.5 Å². The highest BCUT2D eigenvalue weighted by Crippen LogP contribution is 2.25. The SMILES string of the molecule is Cc1cc2oc(=O)cc(C)c2cc1NC(=O)c1ccc(S(C)(=O)=O)cc1. The van der Waals surface area contributed by atoms with E-state index in [1.807, 2.05) is 0 Å². The molecule has 0 fully saturated rings. The maximum atomic E-state index is 12.5. The van der Waals surface area contributed by atoms with Crippen LogP contribution in [0.15, 0.2) is 56.6 Å². The van der Waals surface area contributed by atoms with Crippen molar-refractivity contribution in [2.75, 3.05) is 11.6 Å². The van der Waals surface area contributed by atoms with Crippen LogP contribution in [0.4, 0.5) is 5.69 Å². The Bertz CT molecular complexity index is 1180. The summed E-state index contributed by atoms with van der Waals surface area (Å²) in [6.07, 6.45) is 1.11. The van der Waals surface area contributed by atoms with E-state index in [-0.39, 0.29) is 10.8 Å². The van der Waals surface area contributed by atoms with Crippen molar-refractivity contribution in [1.29, 1.82) is 0 Å². The second-order valence-corrected chi connectivity index (χ2v) is 8.18. The third-order valence-corrected chi connectivity index (χ3v) is 5.22. The Balaban J connectivity index is 1.94. The third kappa shape index (κ3) is 3.52. The Morgan fingerprint density at radius 1 is 1.00 bits per heavy atom. The average molecular weight is 371 g/mol. The summed E-state index contributed by atoms with van der Waals surface area (Å²) in [7, 11) is -3.31. The molecule has 2 aromatic carbocycles. The number of sulfone groups is 1. The van der Waals surface area contributed by atoms with Gasteiger partial charge in [-0.1, -0.05) is 0 Å². The first-order valence-corrected chi connectivity index (χ1v) is 9.71. The summed E-state index contributed by atoms with van der Waals surface area (Å²) in [4.78, 5) is 24.1. The molecule has 6 nitrogen and oxygen atoms in total. The second kappa shape index (κ2) is 6.42. The molecule has 3 aromatic rings. The van der Waals surface area contributed by atoms with E-state index >= 15 is 0 Å². The van der Waals surface area contributed by atoms with Crippen LogP contribution in [0.3, 0.4) is 0 Å². The average Bonchev–Trinajstić information content (AvgIpc) is 2.55. The number of hydrogen-bond donors (Lipinski definition) is 1. The van der Waals surface area contributed by atoms with Crippen molar-refractivity contribution >= 4 is 32.4 Å². The number of rotatable bonds is 3. The summed E-state index contributed by atoms with van der Waals surface area (Å²) in [5.41, 5.74) is 2.47. The monoisotopic (exact) mass is 371 g/mol. The molecule has 3 rings (SSSR count). The minimum Gasteiger partial charge on any atom is -0.423 e. The molecule has 0 unspecified atom stereocenters. The number of fused-ring (bicyclic) bond motifs is 1. The smallest absolute Gasteiger partial charge is 0.336 e. The molecule has 0 spiro atoms. The van der Waals surface area contributed by atoms with Crippen molar-refractivity contribution < 1.29 is 17.6 Å². The highest BCUT2D eigenvalue weighted by atomic mass is 32.2. The van der Waals surface area contributed by atoms with Gasteiger partial charge >= 0.3 is 5.63 Å². The summed E-state index contributed by atoms with van der Waals surface area (Å²) in [6, 6.07) is 10.6. The van der Waals surface area contributed by atoms with Crippen LogP contribution < -0.4 is 10.9 Å². The van der Waals surface area contributed by atoms with E-state index in [1.165, 1.54) is 30.3 Å². The number of nitrogens with one attached hydrogen (secondary N) is 1. The Labute approximate surface area is 150 Å². The largest absolute Gasteiger partial charge is 0.423 e. The zero-order chi connectivity index (χ0) is 19.1. The highest BCUT2D eigenvalue weighted by Gasteiger charge is 2.13. The minimum atomic E-state index is -3.31. The lowest BCUT2D eigenvalue weighted by molar-refractivity contribution is 0.102. The van der Waals surface area contributed by atoms with Gasteiger partial charge in [-0.15, -0.1) is 0 Å². The van der Waals surface area contributed by atoms with Gasteiger partial charge in [0.2, 0.25) is 0 Å². The molecule has 7 heteroatoms. The number of hydrogen-bond acceptors (Lipinski definition) is 5. The summed E-state index contributed by atoms with van der Waals surface area (Å²) >= 11 is 0. The van der Waals surface area contributed by atoms with Gasteiger partial charge in [-0.3, -0.25) is 4.79 Å². The molecule has 0 aliphatic rings. The Morgan fingerprint density at radius 2 is 1.65 bits per heavy atom. The fourth-order valence-electron chi connectivity index (χ4n) is 2.65. The molecule has 0 atom stereocenters. The van der Waals surface area contributed by atoms with Crippen molar-refractivity contribution in [2.45, 2.75) is 18.7 Å². The molecule has 0 aliphatic heterocycles. The first-order valence-electron chi connectivity index (χ1n) is 7.82. The summed E-state index contributed by atoms with van der Waals surface area (Å²) < 4.78 is 28.2. The number of aryl methyl sites for hydroxylation is 2. The van der Waals surface area contributed by atoms with Crippen molar-refractivity contribution in [3.63, 3.8) is 0 Å². The maximum Gasteiger partial charge on any atom is 0.336 e. The van der Waals surface area contributed by atoms with E-state index in [4.69, 9.17) is 4.42 Å². The van der Waals surface area contributed by atoms with Crippen molar-refractivity contribution in [2.24, 2.45) is 0 Å². The molecule has 1 amide bonds. The third-order valence-electron chi connectivity index (χ3n) is 4.09. The van der Waals surface area contributed by atoms with E-state index in [1.54, 1.807) is 26.0 Å². The molecule has 26 heavy (non-hydrogen) atoms. The number of carbonyl (C=O) groups excluding carboxylic acids is 1. The first-order chi connectivity index (χ1) is 12.1. The van der Waals surface area contributed by atoms with Gasteiger partial charge in [0.25, 0.3) is 5.91 Å².